The van der Waals surface area contributed by atoms with Crippen molar-refractivity contribution in [2.45, 2.75) is 11.5 Å². The Morgan fingerprint density at radius 3 is 2.77 bits per heavy atom. The van der Waals surface area contributed by atoms with Crippen molar-refractivity contribution < 1.29 is 9.50 Å². The van der Waals surface area contributed by atoms with Crippen LogP contribution in [0.25, 0.3) is 5.83 Å². The van der Waals surface area contributed by atoms with Crippen LogP contribution in [-0.2, 0) is 6.61 Å². The Bertz CT molecular complexity index is 300. The molecule has 1 aromatic carbocycles. The van der Waals surface area contributed by atoms with E-state index in [1.165, 1.54) is 11.8 Å². The van der Waals surface area contributed by atoms with Gasteiger partial charge in [-0.2, -0.15) is 0 Å². The van der Waals surface area contributed by atoms with Crippen molar-refractivity contribution in [3.05, 3.63) is 35.9 Å². The van der Waals surface area contributed by atoms with E-state index in [2.05, 4.69) is 6.58 Å². The number of halogens is 1. The molecule has 70 valence electrons. The largest absolute Gasteiger partial charge is 0.392 e. The van der Waals surface area contributed by atoms with Crippen molar-refractivity contribution in [1.82, 2.24) is 0 Å². The van der Waals surface area contributed by atoms with E-state index in [-0.39, 0.29) is 6.61 Å². The zero-order chi connectivity index (χ0) is 9.84. The van der Waals surface area contributed by atoms with E-state index in [1.54, 1.807) is 12.1 Å². The Kier molecular flexibility index (Phi) is 3.51. The first-order valence-corrected chi connectivity index (χ1v) is 5.04. The summed E-state index contributed by atoms with van der Waals surface area (Å²) in [6.07, 6.45) is 1.86. The van der Waals surface area contributed by atoms with Gasteiger partial charge in [-0.3, -0.25) is 0 Å². The summed E-state index contributed by atoms with van der Waals surface area (Å²) in [5.74, 6) is -0.492. The van der Waals surface area contributed by atoms with Crippen LogP contribution in [-0.4, -0.2) is 11.4 Å². The van der Waals surface area contributed by atoms with Crippen molar-refractivity contribution >= 4 is 17.6 Å². The van der Waals surface area contributed by atoms with Crippen LogP contribution in [0.15, 0.2) is 29.7 Å². The third kappa shape index (κ3) is 2.11. The molecule has 0 aliphatic rings. The van der Waals surface area contributed by atoms with Crippen LogP contribution in [0, 0.1) is 0 Å². The molecule has 13 heavy (non-hydrogen) atoms. The quantitative estimate of drug-likeness (QED) is 0.754. The Morgan fingerprint density at radius 2 is 2.31 bits per heavy atom. The zero-order valence-electron chi connectivity index (χ0n) is 7.38. The van der Waals surface area contributed by atoms with Crippen molar-refractivity contribution in [2.24, 2.45) is 0 Å². The van der Waals surface area contributed by atoms with E-state index in [1.807, 2.05) is 12.3 Å². The molecule has 3 heteroatoms. The Labute approximate surface area is 81.3 Å². The molecule has 0 aliphatic carbocycles. The zero-order valence-corrected chi connectivity index (χ0v) is 8.20. The normalized spacial score (nSPS) is 10.1. The highest BCUT2D eigenvalue weighted by Crippen LogP contribution is 2.29. The highest BCUT2D eigenvalue weighted by atomic mass is 32.2. The first-order chi connectivity index (χ1) is 6.20. The van der Waals surface area contributed by atoms with Crippen LogP contribution in [0.4, 0.5) is 4.39 Å². The second-order valence-electron chi connectivity index (χ2n) is 2.56. The molecule has 0 atom stereocenters. The molecule has 0 spiro atoms. The maximum absolute atomic E-state index is 13.0. The molecule has 1 N–H and O–H groups in total. The van der Waals surface area contributed by atoms with Crippen molar-refractivity contribution in [1.29, 1.82) is 0 Å². The van der Waals surface area contributed by atoms with Crippen LogP contribution in [0.2, 0.25) is 0 Å². The van der Waals surface area contributed by atoms with Gasteiger partial charge in [-0.1, -0.05) is 18.7 Å². The van der Waals surface area contributed by atoms with E-state index in [0.717, 1.165) is 4.90 Å². The number of rotatable bonds is 3. The minimum Gasteiger partial charge on any atom is -0.392 e. The summed E-state index contributed by atoms with van der Waals surface area (Å²) in [5, 5.41) is 8.97. The van der Waals surface area contributed by atoms with Gasteiger partial charge in [0.05, 0.1) is 6.61 Å². The molecule has 0 unspecified atom stereocenters. The van der Waals surface area contributed by atoms with E-state index < -0.39 is 5.83 Å². The Hall–Kier alpha value is -0.800. The monoisotopic (exact) mass is 198 g/mol. The second-order valence-corrected chi connectivity index (χ2v) is 3.41. The van der Waals surface area contributed by atoms with Crippen molar-refractivity contribution in [3.8, 4) is 0 Å². The highest BCUT2D eigenvalue weighted by molar-refractivity contribution is 7.98. The van der Waals surface area contributed by atoms with E-state index in [9.17, 15) is 4.39 Å². The third-order valence-corrected chi connectivity index (χ3v) is 2.55. The van der Waals surface area contributed by atoms with Crippen LogP contribution in [0.5, 0.6) is 0 Å². The molecule has 0 heterocycles. The van der Waals surface area contributed by atoms with Gasteiger partial charge in [0.2, 0.25) is 0 Å². The predicted octanol–water partition coefficient (Wildman–Crippen LogP) is 2.84. The number of aliphatic hydroxyl groups excluding tert-OH is 1. The molecule has 0 saturated heterocycles. The fourth-order valence-electron chi connectivity index (χ4n) is 1.19. The van der Waals surface area contributed by atoms with Crippen molar-refractivity contribution in [2.75, 3.05) is 6.26 Å². The summed E-state index contributed by atoms with van der Waals surface area (Å²) < 4.78 is 13.0. The molecule has 0 saturated carbocycles. The molecular weight excluding hydrogens is 187 g/mol. The molecule has 0 bridgehead atoms. The van der Waals surface area contributed by atoms with Gasteiger partial charge in [-0.05, 0) is 17.9 Å². The molecule has 0 fully saturated rings. The minimum absolute atomic E-state index is 0.160. The van der Waals surface area contributed by atoms with Gasteiger partial charge >= 0.3 is 0 Å². The molecule has 1 aromatic rings. The first kappa shape index (κ1) is 10.3. The molecule has 0 aromatic heterocycles. The lowest BCUT2D eigenvalue weighted by Crippen LogP contribution is -1.92. The Balaban J connectivity index is 3.29. The van der Waals surface area contributed by atoms with Crippen LogP contribution in [0.3, 0.4) is 0 Å². The van der Waals surface area contributed by atoms with Gasteiger partial charge in [0.1, 0.15) is 5.83 Å². The lowest BCUT2D eigenvalue weighted by Gasteiger charge is -2.08. The van der Waals surface area contributed by atoms with Crippen LogP contribution < -0.4 is 0 Å². The first-order valence-electron chi connectivity index (χ1n) is 3.82. The molecule has 0 amide bonds. The number of benzene rings is 1. The van der Waals surface area contributed by atoms with Gasteiger partial charge in [-0.25, -0.2) is 4.39 Å². The number of aliphatic hydroxyl groups is 1. The molecule has 0 aliphatic heterocycles. The van der Waals surface area contributed by atoms with Gasteiger partial charge in [0, 0.05) is 10.5 Å². The average molecular weight is 198 g/mol. The van der Waals surface area contributed by atoms with Crippen LogP contribution >= 0.6 is 11.8 Å². The third-order valence-electron chi connectivity index (χ3n) is 1.77. The second kappa shape index (κ2) is 4.44. The van der Waals surface area contributed by atoms with Gasteiger partial charge in [0.25, 0.3) is 0 Å². The number of hydrogen-bond donors (Lipinski definition) is 1. The van der Waals surface area contributed by atoms with Crippen molar-refractivity contribution in [3.63, 3.8) is 0 Å². The van der Waals surface area contributed by atoms with Gasteiger partial charge in [0.15, 0.2) is 0 Å². The summed E-state index contributed by atoms with van der Waals surface area (Å²) in [4.78, 5) is 0.805. The maximum atomic E-state index is 13.0. The highest BCUT2D eigenvalue weighted by Gasteiger charge is 2.09. The SMILES string of the molecule is C=C(F)c1c(CO)cccc1SC. The molecule has 1 rings (SSSR count). The smallest absolute Gasteiger partial charge is 0.124 e. The molecule has 0 radical (unpaired) electrons. The van der Waals surface area contributed by atoms with Gasteiger partial charge in [-0.15, -0.1) is 11.8 Å². The van der Waals surface area contributed by atoms with E-state index >= 15 is 0 Å². The van der Waals surface area contributed by atoms with Gasteiger partial charge < -0.3 is 5.11 Å². The fraction of sp³-hybridized carbons (Fsp3) is 0.200. The average Bonchev–Trinajstić information content (AvgIpc) is 2.16. The van der Waals surface area contributed by atoms with E-state index in [0.29, 0.717) is 11.1 Å². The topological polar surface area (TPSA) is 20.2 Å². The summed E-state index contributed by atoms with van der Waals surface area (Å²) in [6.45, 7) is 3.09. The van der Waals surface area contributed by atoms with E-state index in [4.69, 9.17) is 5.11 Å². The summed E-state index contributed by atoms with van der Waals surface area (Å²) in [5.41, 5.74) is 1.01. The lowest BCUT2D eigenvalue weighted by atomic mass is 10.1. The van der Waals surface area contributed by atoms with Crippen LogP contribution in [0.1, 0.15) is 11.1 Å². The molecular formula is C10H11FOS. The lowest BCUT2D eigenvalue weighted by molar-refractivity contribution is 0.281. The number of hydrogen-bond acceptors (Lipinski definition) is 2. The molecule has 1 nitrogen and oxygen atoms in total. The number of thioether (sulfide) groups is 1. The minimum atomic E-state index is -0.492. The predicted molar refractivity (Wildman–Crippen MR) is 54.3 cm³/mol. The summed E-state index contributed by atoms with van der Waals surface area (Å²) in [6, 6.07) is 5.30. The standard InChI is InChI=1S/C10H11FOS/c1-7(11)10-8(6-12)4-3-5-9(10)13-2/h3-5,12H,1,6H2,2H3. The summed E-state index contributed by atoms with van der Waals surface area (Å²) >= 11 is 1.44. The summed E-state index contributed by atoms with van der Waals surface area (Å²) in [7, 11) is 0. The Morgan fingerprint density at radius 1 is 1.62 bits per heavy atom. The maximum Gasteiger partial charge on any atom is 0.124 e. The fourth-order valence-corrected chi connectivity index (χ4v) is 1.85.